The number of esters is 1. The molecule has 0 fully saturated rings. The number of carbonyl (C=O) groups excluding carboxylic acids is 1. The van der Waals surface area contributed by atoms with Gasteiger partial charge in [0, 0.05) is 0 Å². The molecule has 0 aliphatic heterocycles. The number of allylic oxidation sites excluding steroid dienone is 1. The van der Waals surface area contributed by atoms with Crippen LogP contribution in [0.4, 0.5) is 0 Å². The molecule has 0 bridgehead atoms. The molecule has 1 aromatic carbocycles. The van der Waals surface area contributed by atoms with Crippen LogP contribution in [0.1, 0.15) is 18.9 Å². The van der Waals surface area contributed by atoms with E-state index in [9.17, 15) is 4.79 Å². The molecule has 1 aromatic rings. The maximum atomic E-state index is 11.7. The summed E-state index contributed by atoms with van der Waals surface area (Å²) in [5, 5.41) is 0. The Hall–Kier alpha value is -1.57. The fourth-order valence-corrected chi connectivity index (χ4v) is 1.62. The van der Waals surface area contributed by atoms with Gasteiger partial charge in [0.05, 0.1) is 12.5 Å². The largest absolute Gasteiger partial charge is 0.466 e. The fourth-order valence-electron chi connectivity index (χ4n) is 1.62. The minimum absolute atomic E-state index is 0.111. The van der Waals surface area contributed by atoms with E-state index in [0.29, 0.717) is 19.4 Å². The molecule has 2 heteroatoms. The van der Waals surface area contributed by atoms with Crippen molar-refractivity contribution in [3.05, 3.63) is 48.6 Å². The molecule has 0 unspecified atom stereocenters. The summed E-state index contributed by atoms with van der Waals surface area (Å²) >= 11 is 0. The van der Waals surface area contributed by atoms with Crippen LogP contribution in [0.5, 0.6) is 0 Å². The number of hydrogen-bond donors (Lipinski definition) is 0. The van der Waals surface area contributed by atoms with Crippen molar-refractivity contribution >= 4 is 5.97 Å². The lowest BCUT2D eigenvalue weighted by molar-refractivity contribution is -0.147. The van der Waals surface area contributed by atoms with Crippen LogP contribution in [-0.2, 0) is 16.0 Å². The van der Waals surface area contributed by atoms with Crippen LogP contribution in [0.2, 0.25) is 0 Å². The van der Waals surface area contributed by atoms with Crippen LogP contribution in [0, 0.1) is 5.92 Å². The third kappa shape index (κ3) is 3.89. The van der Waals surface area contributed by atoms with E-state index in [4.69, 9.17) is 4.74 Å². The highest BCUT2D eigenvalue weighted by Gasteiger charge is 2.18. The molecule has 0 N–H and O–H groups in total. The summed E-state index contributed by atoms with van der Waals surface area (Å²) in [7, 11) is 0. The van der Waals surface area contributed by atoms with E-state index in [1.54, 1.807) is 6.08 Å². The summed E-state index contributed by atoms with van der Waals surface area (Å²) in [5.41, 5.74) is 1.16. The van der Waals surface area contributed by atoms with Crippen molar-refractivity contribution in [1.82, 2.24) is 0 Å². The van der Waals surface area contributed by atoms with Gasteiger partial charge in [-0.15, -0.1) is 6.58 Å². The Morgan fingerprint density at radius 2 is 2.12 bits per heavy atom. The Balaban J connectivity index is 2.64. The summed E-state index contributed by atoms with van der Waals surface area (Å²) in [6.45, 7) is 5.93. The topological polar surface area (TPSA) is 26.3 Å². The molecule has 0 amide bonds. The van der Waals surface area contributed by atoms with Gasteiger partial charge < -0.3 is 4.74 Å². The Kier molecular flexibility index (Phi) is 5.34. The molecule has 0 heterocycles. The Bertz CT molecular complexity index is 330. The van der Waals surface area contributed by atoms with Crippen LogP contribution >= 0.6 is 0 Å². The Labute approximate surface area is 96.9 Å². The van der Waals surface area contributed by atoms with E-state index in [-0.39, 0.29) is 11.9 Å². The molecule has 0 aromatic heterocycles. The first-order valence-electron chi connectivity index (χ1n) is 5.59. The van der Waals surface area contributed by atoms with Gasteiger partial charge in [-0.3, -0.25) is 4.79 Å². The van der Waals surface area contributed by atoms with E-state index in [1.165, 1.54) is 0 Å². The second-order valence-corrected chi connectivity index (χ2v) is 3.66. The van der Waals surface area contributed by atoms with Crippen molar-refractivity contribution in [3.8, 4) is 0 Å². The molecule has 0 radical (unpaired) electrons. The Morgan fingerprint density at radius 3 is 2.69 bits per heavy atom. The van der Waals surface area contributed by atoms with Crippen molar-refractivity contribution in [2.75, 3.05) is 6.61 Å². The van der Waals surface area contributed by atoms with Crippen LogP contribution in [0.15, 0.2) is 43.0 Å². The second-order valence-electron chi connectivity index (χ2n) is 3.66. The third-order valence-electron chi connectivity index (χ3n) is 2.40. The quantitative estimate of drug-likeness (QED) is 0.542. The SMILES string of the molecule is C=CC[C@H](Cc1ccccc1)C(=O)OCC. The normalized spacial score (nSPS) is 11.8. The first-order chi connectivity index (χ1) is 7.77. The van der Waals surface area contributed by atoms with Crippen LogP contribution in [0.25, 0.3) is 0 Å². The number of hydrogen-bond acceptors (Lipinski definition) is 2. The lowest BCUT2D eigenvalue weighted by Crippen LogP contribution is -2.19. The minimum atomic E-state index is -0.133. The van der Waals surface area contributed by atoms with Gasteiger partial charge in [-0.25, -0.2) is 0 Å². The van der Waals surface area contributed by atoms with Crippen molar-refractivity contribution in [2.24, 2.45) is 5.92 Å². The molecule has 1 atom stereocenters. The monoisotopic (exact) mass is 218 g/mol. The predicted octanol–water partition coefficient (Wildman–Crippen LogP) is 2.98. The van der Waals surface area contributed by atoms with Crippen molar-refractivity contribution in [2.45, 2.75) is 19.8 Å². The van der Waals surface area contributed by atoms with Gasteiger partial charge in [0.1, 0.15) is 0 Å². The number of ether oxygens (including phenoxy) is 1. The lowest BCUT2D eigenvalue weighted by atomic mass is 9.96. The van der Waals surface area contributed by atoms with Gasteiger partial charge in [0.15, 0.2) is 0 Å². The molecule has 0 spiro atoms. The highest BCUT2D eigenvalue weighted by molar-refractivity contribution is 5.73. The average molecular weight is 218 g/mol. The Morgan fingerprint density at radius 1 is 1.44 bits per heavy atom. The van der Waals surface area contributed by atoms with Crippen LogP contribution in [-0.4, -0.2) is 12.6 Å². The van der Waals surface area contributed by atoms with Crippen molar-refractivity contribution < 1.29 is 9.53 Å². The molecule has 1 rings (SSSR count). The molecule has 86 valence electrons. The smallest absolute Gasteiger partial charge is 0.309 e. The summed E-state index contributed by atoms with van der Waals surface area (Å²) in [6, 6.07) is 9.97. The first-order valence-corrected chi connectivity index (χ1v) is 5.59. The summed E-state index contributed by atoms with van der Waals surface area (Å²) in [4.78, 5) is 11.7. The van der Waals surface area contributed by atoms with Crippen molar-refractivity contribution in [3.63, 3.8) is 0 Å². The zero-order valence-electron chi connectivity index (χ0n) is 9.69. The third-order valence-corrected chi connectivity index (χ3v) is 2.40. The highest BCUT2D eigenvalue weighted by atomic mass is 16.5. The number of benzene rings is 1. The maximum absolute atomic E-state index is 11.7. The summed E-state index contributed by atoms with van der Waals surface area (Å²) in [5.74, 6) is -0.244. The van der Waals surface area contributed by atoms with Gasteiger partial charge in [-0.05, 0) is 25.3 Å². The van der Waals surface area contributed by atoms with E-state index in [0.717, 1.165) is 5.56 Å². The first kappa shape index (κ1) is 12.5. The zero-order chi connectivity index (χ0) is 11.8. The van der Waals surface area contributed by atoms with Gasteiger partial charge >= 0.3 is 5.97 Å². The van der Waals surface area contributed by atoms with E-state index < -0.39 is 0 Å². The highest BCUT2D eigenvalue weighted by Crippen LogP contribution is 2.14. The predicted molar refractivity (Wildman–Crippen MR) is 65.1 cm³/mol. The molecule has 0 saturated heterocycles. The number of carbonyl (C=O) groups is 1. The molecule has 0 saturated carbocycles. The van der Waals surface area contributed by atoms with Gasteiger partial charge in [0.2, 0.25) is 0 Å². The molecular weight excluding hydrogens is 200 g/mol. The van der Waals surface area contributed by atoms with E-state index >= 15 is 0 Å². The van der Waals surface area contributed by atoms with E-state index in [1.807, 2.05) is 37.3 Å². The average Bonchev–Trinajstić information content (AvgIpc) is 2.30. The van der Waals surface area contributed by atoms with Crippen molar-refractivity contribution in [1.29, 1.82) is 0 Å². The van der Waals surface area contributed by atoms with Crippen LogP contribution < -0.4 is 0 Å². The molecule has 0 aliphatic carbocycles. The number of rotatable bonds is 6. The lowest BCUT2D eigenvalue weighted by Gasteiger charge is -2.13. The zero-order valence-corrected chi connectivity index (χ0v) is 9.69. The molecule has 2 nitrogen and oxygen atoms in total. The van der Waals surface area contributed by atoms with Gasteiger partial charge in [-0.1, -0.05) is 36.4 Å². The molecule has 0 aliphatic rings. The summed E-state index contributed by atoms with van der Waals surface area (Å²) < 4.78 is 5.04. The minimum Gasteiger partial charge on any atom is -0.466 e. The summed E-state index contributed by atoms with van der Waals surface area (Å²) in [6.07, 6.45) is 3.14. The van der Waals surface area contributed by atoms with Gasteiger partial charge in [0.25, 0.3) is 0 Å². The molecule has 16 heavy (non-hydrogen) atoms. The second kappa shape index (κ2) is 6.83. The fraction of sp³-hybridized carbons (Fsp3) is 0.357. The molecular formula is C14H18O2. The van der Waals surface area contributed by atoms with E-state index in [2.05, 4.69) is 6.58 Å². The standard InChI is InChI=1S/C14H18O2/c1-3-8-13(14(15)16-4-2)11-12-9-6-5-7-10-12/h3,5-7,9-10,13H,1,4,8,11H2,2H3/t13-/m1/s1. The van der Waals surface area contributed by atoms with Gasteiger partial charge in [-0.2, -0.15) is 0 Å². The van der Waals surface area contributed by atoms with Crippen LogP contribution in [0.3, 0.4) is 0 Å². The maximum Gasteiger partial charge on any atom is 0.309 e.